The van der Waals surface area contributed by atoms with E-state index in [9.17, 15) is 4.79 Å². The summed E-state index contributed by atoms with van der Waals surface area (Å²) in [7, 11) is 1.51. The molecule has 0 saturated carbocycles. The van der Waals surface area contributed by atoms with Gasteiger partial charge in [0.2, 0.25) is 0 Å². The van der Waals surface area contributed by atoms with Crippen molar-refractivity contribution in [2.45, 2.75) is 0 Å². The summed E-state index contributed by atoms with van der Waals surface area (Å²) in [6.45, 7) is 0. The second kappa shape index (κ2) is 5.13. The van der Waals surface area contributed by atoms with Gasteiger partial charge in [0.25, 0.3) is 5.56 Å². The van der Waals surface area contributed by atoms with Crippen LogP contribution in [0.3, 0.4) is 0 Å². The molecule has 1 N–H and O–H groups in total. The Kier molecular flexibility index (Phi) is 3.32. The maximum absolute atomic E-state index is 12.2. The van der Waals surface area contributed by atoms with Gasteiger partial charge in [0.15, 0.2) is 5.75 Å². The van der Waals surface area contributed by atoms with Gasteiger partial charge in [-0.1, -0.05) is 46.3 Å². The summed E-state index contributed by atoms with van der Waals surface area (Å²) in [5, 5.41) is 0.946. The molecule has 3 rings (SSSR count). The molecule has 100 valence electrons. The standard InChI is InChI=1S/C16H12BrNO2/c1-20-15-14(10-5-3-2-4-6-10)12-9-11(17)7-8-13(12)18-16(15)19/h2-9H,1H3,(H,18,19). The lowest BCUT2D eigenvalue weighted by atomic mass is 10.0. The van der Waals surface area contributed by atoms with Crippen molar-refractivity contribution in [3.8, 4) is 16.9 Å². The Morgan fingerprint density at radius 1 is 1.10 bits per heavy atom. The van der Waals surface area contributed by atoms with Crippen LogP contribution in [0.15, 0.2) is 57.8 Å². The van der Waals surface area contributed by atoms with Crippen molar-refractivity contribution in [1.82, 2.24) is 4.98 Å². The molecule has 3 aromatic rings. The van der Waals surface area contributed by atoms with Crippen molar-refractivity contribution in [3.63, 3.8) is 0 Å². The van der Waals surface area contributed by atoms with Crippen LogP contribution in [0.2, 0.25) is 0 Å². The van der Waals surface area contributed by atoms with E-state index < -0.39 is 0 Å². The number of methoxy groups -OCH3 is 1. The van der Waals surface area contributed by atoms with Gasteiger partial charge in [-0.25, -0.2) is 0 Å². The predicted molar refractivity (Wildman–Crippen MR) is 84.3 cm³/mol. The molecule has 4 heteroatoms. The van der Waals surface area contributed by atoms with Crippen LogP contribution in [0.25, 0.3) is 22.0 Å². The van der Waals surface area contributed by atoms with Gasteiger partial charge < -0.3 is 9.72 Å². The van der Waals surface area contributed by atoms with Crippen molar-refractivity contribution in [2.75, 3.05) is 7.11 Å². The number of H-pyrrole nitrogens is 1. The SMILES string of the molecule is COc1c(-c2ccccc2)c2cc(Br)ccc2[nH]c1=O. The molecule has 3 nitrogen and oxygen atoms in total. The number of ether oxygens (including phenoxy) is 1. The zero-order valence-corrected chi connectivity index (χ0v) is 12.4. The van der Waals surface area contributed by atoms with Gasteiger partial charge in [-0.2, -0.15) is 0 Å². The first-order valence-corrected chi connectivity index (χ1v) is 6.95. The lowest BCUT2D eigenvalue weighted by Crippen LogP contribution is -2.11. The highest BCUT2D eigenvalue weighted by Gasteiger charge is 2.15. The second-order valence-electron chi connectivity index (χ2n) is 4.42. The molecule has 20 heavy (non-hydrogen) atoms. The first-order chi connectivity index (χ1) is 9.70. The number of hydrogen-bond acceptors (Lipinski definition) is 2. The highest BCUT2D eigenvalue weighted by atomic mass is 79.9. The Morgan fingerprint density at radius 3 is 2.55 bits per heavy atom. The molecule has 0 aliphatic carbocycles. The molecule has 1 heterocycles. The quantitative estimate of drug-likeness (QED) is 0.773. The third-order valence-corrected chi connectivity index (χ3v) is 3.69. The lowest BCUT2D eigenvalue weighted by molar-refractivity contribution is 0.411. The van der Waals surface area contributed by atoms with Gasteiger partial charge in [0.1, 0.15) is 0 Å². The number of nitrogens with one attached hydrogen (secondary N) is 1. The summed E-state index contributed by atoms with van der Waals surface area (Å²) in [5.41, 5.74) is 2.34. The Labute approximate surface area is 124 Å². The molecule has 0 aliphatic rings. The summed E-state index contributed by atoms with van der Waals surface area (Å²) < 4.78 is 6.27. The Bertz CT molecular complexity index is 825. The smallest absolute Gasteiger partial charge is 0.291 e. The van der Waals surface area contributed by atoms with E-state index >= 15 is 0 Å². The highest BCUT2D eigenvalue weighted by molar-refractivity contribution is 9.10. The highest BCUT2D eigenvalue weighted by Crippen LogP contribution is 2.34. The number of rotatable bonds is 2. The molecular weight excluding hydrogens is 318 g/mol. The Balaban J connectivity index is 2.48. The van der Waals surface area contributed by atoms with Crippen molar-refractivity contribution in [2.24, 2.45) is 0 Å². The fourth-order valence-electron chi connectivity index (χ4n) is 2.33. The molecule has 0 spiro atoms. The van der Waals surface area contributed by atoms with E-state index in [1.54, 1.807) is 0 Å². The van der Waals surface area contributed by atoms with Crippen molar-refractivity contribution >= 4 is 26.8 Å². The number of aromatic amines is 1. The van der Waals surface area contributed by atoms with Gasteiger partial charge in [0.05, 0.1) is 7.11 Å². The van der Waals surface area contributed by atoms with Crippen molar-refractivity contribution in [3.05, 3.63) is 63.4 Å². The number of hydrogen-bond donors (Lipinski definition) is 1. The van der Waals surface area contributed by atoms with E-state index in [1.807, 2.05) is 48.5 Å². The van der Waals surface area contributed by atoms with Gasteiger partial charge in [-0.3, -0.25) is 4.79 Å². The van der Waals surface area contributed by atoms with Gasteiger partial charge in [-0.05, 0) is 23.8 Å². The number of pyridine rings is 1. The molecule has 0 saturated heterocycles. The van der Waals surface area contributed by atoms with Crippen LogP contribution in [0.4, 0.5) is 0 Å². The minimum absolute atomic E-state index is 0.221. The van der Waals surface area contributed by atoms with E-state index in [4.69, 9.17) is 4.74 Å². The predicted octanol–water partition coefficient (Wildman–Crippen LogP) is 3.97. The summed E-state index contributed by atoms with van der Waals surface area (Å²) >= 11 is 3.47. The lowest BCUT2D eigenvalue weighted by Gasteiger charge is -2.12. The zero-order valence-electron chi connectivity index (χ0n) is 10.8. The fraction of sp³-hybridized carbons (Fsp3) is 0.0625. The minimum atomic E-state index is -0.221. The first-order valence-electron chi connectivity index (χ1n) is 6.15. The molecule has 0 radical (unpaired) electrons. The molecule has 0 unspecified atom stereocenters. The fourth-order valence-corrected chi connectivity index (χ4v) is 2.69. The zero-order chi connectivity index (χ0) is 14.1. The van der Waals surface area contributed by atoms with Crippen LogP contribution in [0.5, 0.6) is 5.75 Å². The van der Waals surface area contributed by atoms with Crippen LogP contribution < -0.4 is 10.3 Å². The van der Waals surface area contributed by atoms with Crippen LogP contribution in [-0.2, 0) is 0 Å². The van der Waals surface area contributed by atoms with Crippen LogP contribution in [0, 0.1) is 0 Å². The monoisotopic (exact) mass is 329 g/mol. The first kappa shape index (κ1) is 12.9. The Morgan fingerprint density at radius 2 is 1.85 bits per heavy atom. The summed E-state index contributed by atoms with van der Waals surface area (Å²) in [5.74, 6) is 0.335. The summed E-state index contributed by atoms with van der Waals surface area (Å²) in [6, 6.07) is 15.5. The minimum Gasteiger partial charge on any atom is -0.491 e. The number of aromatic nitrogens is 1. The molecule has 0 bridgehead atoms. The molecular formula is C16H12BrNO2. The molecule has 2 aromatic carbocycles. The average molecular weight is 330 g/mol. The molecule has 1 aromatic heterocycles. The topological polar surface area (TPSA) is 42.1 Å². The van der Waals surface area contributed by atoms with Crippen molar-refractivity contribution in [1.29, 1.82) is 0 Å². The number of fused-ring (bicyclic) bond motifs is 1. The third-order valence-electron chi connectivity index (χ3n) is 3.20. The summed E-state index contributed by atoms with van der Waals surface area (Å²) in [6.07, 6.45) is 0. The van der Waals surface area contributed by atoms with Gasteiger partial charge in [0, 0.05) is 20.9 Å². The van der Waals surface area contributed by atoms with Crippen LogP contribution in [0.1, 0.15) is 0 Å². The van der Waals surface area contributed by atoms with E-state index in [1.165, 1.54) is 7.11 Å². The average Bonchev–Trinajstić information content (AvgIpc) is 2.47. The van der Waals surface area contributed by atoms with Crippen LogP contribution >= 0.6 is 15.9 Å². The maximum atomic E-state index is 12.2. The van der Waals surface area contributed by atoms with E-state index in [0.29, 0.717) is 5.75 Å². The van der Waals surface area contributed by atoms with Crippen LogP contribution in [-0.4, -0.2) is 12.1 Å². The normalized spacial score (nSPS) is 10.7. The summed E-state index contributed by atoms with van der Waals surface area (Å²) in [4.78, 5) is 15.0. The molecule has 0 amide bonds. The number of benzene rings is 2. The number of halogens is 1. The van der Waals surface area contributed by atoms with Gasteiger partial charge >= 0.3 is 0 Å². The third kappa shape index (κ3) is 2.12. The Hall–Kier alpha value is -2.07. The van der Waals surface area contributed by atoms with Gasteiger partial charge in [-0.15, -0.1) is 0 Å². The maximum Gasteiger partial charge on any atom is 0.291 e. The van der Waals surface area contributed by atoms with E-state index in [2.05, 4.69) is 20.9 Å². The van der Waals surface area contributed by atoms with E-state index in [-0.39, 0.29) is 5.56 Å². The van der Waals surface area contributed by atoms with E-state index in [0.717, 1.165) is 26.5 Å². The molecule has 0 atom stereocenters. The largest absolute Gasteiger partial charge is 0.491 e. The molecule has 0 aliphatic heterocycles. The van der Waals surface area contributed by atoms with Crippen molar-refractivity contribution < 1.29 is 4.74 Å². The molecule has 0 fully saturated rings. The second-order valence-corrected chi connectivity index (χ2v) is 5.33.